The molecule has 0 spiro atoms. The van der Waals surface area contributed by atoms with Crippen LogP contribution in [0.5, 0.6) is 0 Å². The van der Waals surface area contributed by atoms with E-state index in [2.05, 4.69) is 17.3 Å². The quantitative estimate of drug-likeness (QED) is 0.872. The maximum Gasteiger partial charge on any atom is 0.272 e. The summed E-state index contributed by atoms with van der Waals surface area (Å²) in [7, 11) is 0. The molecule has 0 aliphatic carbocycles. The molecule has 0 N–H and O–H groups in total. The number of aromatic nitrogens is 2. The highest BCUT2D eigenvalue weighted by atomic mass is 32.1. The van der Waals surface area contributed by atoms with Crippen LogP contribution in [0.15, 0.2) is 23.6 Å². The summed E-state index contributed by atoms with van der Waals surface area (Å²) in [6.07, 6.45) is 3.12. The van der Waals surface area contributed by atoms with E-state index in [-0.39, 0.29) is 5.91 Å². The van der Waals surface area contributed by atoms with Gasteiger partial charge in [-0.05, 0) is 38.3 Å². The fourth-order valence-electron chi connectivity index (χ4n) is 2.86. The summed E-state index contributed by atoms with van der Waals surface area (Å²) in [4.78, 5) is 23.6. The average Bonchev–Trinajstić information content (AvgIpc) is 3.03. The number of hydrogen-bond donors (Lipinski definition) is 0. The molecule has 3 rings (SSSR count). The van der Waals surface area contributed by atoms with E-state index in [1.165, 1.54) is 5.01 Å². The third-order valence-corrected chi connectivity index (χ3v) is 5.15. The average molecular weight is 315 g/mol. The highest BCUT2D eigenvalue weighted by Gasteiger charge is 2.27. The summed E-state index contributed by atoms with van der Waals surface area (Å²) in [6, 6.07) is 5.61. The van der Waals surface area contributed by atoms with Crippen LogP contribution in [0.3, 0.4) is 0 Å². The van der Waals surface area contributed by atoms with E-state index >= 15 is 0 Å². The van der Waals surface area contributed by atoms with E-state index in [1.54, 1.807) is 17.4 Å². The summed E-state index contributed by atoms with van der Waals surface area (Å²) in [5.74, 6) is 0.411. The summed E-state index contributed by atoms with van der Waals surface area (Å²) < 4.78 is 0. The van der Waals surface area contributed by atoms with Crippen LogP contribution in [0.1, 0.15) is 52.6 Å². The van der Waals surface area contributed by atoms with Crippen LogP contribution in [-0.2, 0) is 6.42 Å². The van der Waals surface area contributed by atoms with E-state index in [4.69, 9.17) is 4.98 Å². The number of hydrogen-bond acceptors (Lipinski definition) is 4. The van der Waals surface area contributed by atoms with Gasteiger partial charge in [-0.15, -0.1) is 11.3 Å². The Morgan fingerprint density at radius 1 is 1.41 bits per heavy atom. The number of pyridine rings is 1. The predicted molar refractivity (Wildman–Crippen MR) is 88.3 cm³/mol. The van der Waals surface area contributed by atoms with Crippen molar-refractivity contribution >= 4 is 17.2 Å². The molecule has 1 unspecified atom stereocenters. The molecule has 1 fully saturated rings. The largest absolute Gasteiger partial charge is 0.337 e. The van der Waals surface area contributed by atoms with Crippen molar-refractivity contribution in [3.8, 4) is 0 Å². The van der Waals surface area contributed by atoms with Crippen molar-refractivity contribution in [2.75, 3.05) is 13.1 Å². The normalized spacial score (nSPS) is 18.5. The van der Waals surface area contributed by atoms with Crippen molar-refractivity contribution in [2.45, 2.75) is 39.0 Å². The van der Waals surface area contributed by atoms with Crippen LogP contribution in [-0.4, -0.2) is 33.9 Å². The summed E-state index contributed by atoms with van der Waals surface area (Å²) >= 11 is 1.73. The maximum atomic E-state index is 12.6. The van der Waals surface area contributed by atoms with Crippen molar-refractivity contribution in [2.24, 2.45) is 0 Å². The molecule has 1 saturated heterocycles. The number of amides is 1. The van der Waals surface area contributed by atoms with Gasteiger partial charge in [-0.25, -0.2) is 9.97 Å². The second-order valence-electron chi connectivity index (χ2n) is 5.79. The SMILES string of the molecule is CCc1csc(C2CCCN(C(=O)c3cccc(C)n3)C2)n1. The second-order valence-corrected chi connectivity index (χ2v) is 6.67. The molecule has 0 radical (unpaired) electrons. The van der Waals surface area contributed by atoms with E-state index in [9.17, 15) is 4.79 Å². The first-order valence-electron chi connectivity index (χ1n) is 7.84. The third kappa shape index (κ3) is 3.19. The minimum atomic E-state index is 0.0423. The van der Waals surface area contributed by atoms with Gasteiger partial charge in [0.15, 0.2) is 0 Å². The van der Waals surface area contributed by atoms with Gasteiger partial charge in [-0.2, -0.15) is 0 Å². The Bertz CT molecular complexity index is 667. The molecule has 5 heteroatoms. The van der Waals surface area contributed by atoms with E-state index in [0.717, 1.165) is 43.7 Å². The van der Waals surface area contributed by atoms with Gasteiger partial charge in [0, 0.05) is 30.1 Å². The van der Waals surface area contributed by atoms with Gasteiger partial charge in [0.1, 0.15) is 5.69 Å². The lowest BCUT2D eigenvalue weighted by atomic mass is 9.98. The van der Waals surface area contributed by atoms with Crippen LogP contribution in [0.4, 0.5) is 0 Å². The molecule has 116 valence electrons. The van der Waals surface area contributed by atoms with Gasteiger partial charge in [0.05, 0.1) is 10.7 Å². The highest BCUT2D eigenvalue weighted by molar-refractivity contribution is 7.09. The zero-order valence-electron chi connectivity index (χ0n) is 13.1. The van der Waals surface area contributed by atoms with Gasteiger partial charge in [0.2, 0.25) is 0 Å². The van der Waals surface area contributed by atoms with E-state index < -0.39 is 0 Å². The lowest BCUT2D eigenvalue weighted by Crippen LogP contribution is -2.39. The summed E-state index contributed by atoms with van der Waals surface area (Å²) in [5.41, 5.74) is 2.59. The van der Waals surface area contributed by atoms with Crippen molar-refractivity contribution in [1.29, 1.82) is 0 Å². The molecule has 0 bridgehead atoms. The smallest absolute Gasteiger partial charge is 0.272 e. The molecule has 22 heavy (non-hydrogen) atoms. The zero-order valence-corrected chi connectivity index (χ0v) is 13.9. The molecule has 4 nitrogen and oxygen atoms in total. The number of thiazole rings is 1. The Hall–Kier alpha value is -1.75. The van der Waals surface area contributed by atoms with Crippen molar-refractivity contribution < 1.29 is 4.79 Å². The number of piperidine rings is 1. The van der Waals surface area contributed by atoms with Crippen LogP contribution in [0.2, 0.25) is 0 Å². The molecule has 3 heterocycles. The Balaban J connectivity index is 1.73. The van der Waals surface area contributed by atoms with Gasteiger partial charge in [0.25, 0.3) is 5.91 Å². The van der Waals surface area contributed by atoms with Crippen LogP contribution >= 0.6 is 11.3 Å². The fourth-order valence-corrected chi connectivity index (χ4v) is 3.89. The van der Waals surface area contributed by atoms with Gasteiger partial charge >= 0.3 is 0 Å². The Morgan fingerprint density at radius 2 is 2.27 bits per heavy atom. The Labute approximate surface area is 135 Å². The lowest BCUT2D eigenvalue weighted by Gasteiger charge is -2.31. The minimum Gasteiger partial charge on any atom is -0.337 e. The molecule has 0 saturated carbocycles. The van der Waals surface area contributed by atoms with Gasteiger partial charge in [-0.1, -0.05) is 13.0 Å². The topological polar surface area (TPSA) is 46.1 Å². The molecule has 1 amide bonds. The summed E-state index contributed by atoms with van der Waals surface area (Å²) in [6.45, 7) is 5.61. The number of rotatable bonds is 3. The highest BCUT2D eigenvalue weighted by Crippen LogP contribution is 2.29. The maximum absolute atomic E-state index is 12.6. The molecular weight excluding hydrogens is 294 g/mol. The number of carbonyl (C=O) groups excluding carboxylic acids is 1. The van der Waals surface area contributed by atoms with Crippen molar-refractivity contribution in [1.82, 2.24) is 14.9 Å². The van der Waals surface area contributed by atoms with Crippen molar-refractivity contribution in [3.05, 3.63) is 45.7 Å². The van der Waals surface area contributed by atoms with Crippen molar-refractivity contribution in [3.63, 3.8) is 0 Å². The van der Waals surface area contributed by atoms with E-state index in [1.807, 2.05) is 24.0 Å². The minimum absolute atomic E-state index is 0.0423. The molecule has 1 aliphatic heterocycles. The van der Waals surface area contributed by atoms with Crippen LogP contribution < -0.4 is 0 Å². The van der Waals surface area contributed by atoms with Crippen LogP contribution in [0, 0.1) is 6.92 Å². The molecule has 1 atom stereocenters. The molecule has 2 aromatic rings. The Morgan fingerprint density at radius 3 is 3.00 bits per heavy atom. The second kappa shape index (κ2) is 6.57. The fraction of sp³-hybridized carbons (Fsp3) is 0.471. The van der Waals surface area contributed by atoms with Crippen LogP contribution in [0.25, 0.3) is 0 Å². The summed E-state index contributed by atoms with van der Waals surface area (Å²) in [5, 5.41) is 3.31. The molecule has 1 aliphatic rings. The van der Waals surface area contributed by atoms with Gasteiger partial charge < -0.3 is 4.90 Å². The first-order chi connectivity index (χ1) is 10.7. The first-order valence-corrected chi connectivity index (χ1v) is 8.72. The van der Waals surface area contributed by atoms with E-state index in [0.29, 0.717) is 11.6 Å². The standard InChI is InChI=1S/C17H21N3OS/c1-3-14-11-22-16(19-14)13-7-5-9-20(10-13)17(21)15-8-4-6-12(2)18-15/h4,6,8,11,13H,3,5,7,9-10H2,1-2H3. The number of nitrogens with zero attached hydrogens (tertiary/aromatic N) is 3. The third-order valence-electron chi connectivity index (χ3n) is 4.10. The number of carbonyl (C=O) groups is 1. The lowest BCUT2D eigenvalue weighted by molar-refractivity contribution is 0.0701. The number of likely N-dealkylation sites (tertiary alicyclic amines) is 1. The van der Waals surface area contributed by atoms with Gasteiger partial charge in [-0.3, -0.25) is 4.79 Å². The molecule has 0 aromatic carbocycles. The monoisotopic (exact) mass is 315 g/mol. The molecule has 2 aromatic heterocycles. The predicted octanol–water partition coefficient (Wildman–Crippen LogP) is 3.43. The first kappa shape index (κ1) is 15.2. The Kier molecular flexibility index (Phi) is 4.52. The number of aryl methyl sites for hydroxylation is 2. The zero-order chi connectivity index (χ0) is 15.5. The molecular formula is C17H21N3OS.